The zero-order valence-corrected chi connectivity index (χ0v) is 12.2. The van der Waals surface area contributed by atoms with Gasteiger partial charge in [0.2, 0.25) is 5.56 Å². The lowest BCUT2D eigenvalue weighted by molar-refractivity contribution is 0.102. The summed E-state index contributed by atoms with van der Waals surface area (Å²) in [4.78, 5) is 25.7. The third kappa shape index (κ3) is 3.86. The highest BCUT2D eigenvalue weighted by atomic mass is 35.5. The number of carbonyl (C=O) groups excluding carboxylic acids is 1. The van der Waals surface area contributed by atoms with Crippen molar-refractivity contribution in [1.82, 2.24) is 4.98 Å². The summed E-state index contributed by atoms with van der Waals surface area (Å²) >= 11 is 5.88. The van der Waals surface area contributed by atoms with Crippen LogP contribution in [0.1, 0.15) is 22.8 Å². The smallest absolute Gasteiger partial charge is 0.255 e. The van der Waals surface area contributed by atoms with Gasteiger partial charge in [0, 0.05) is 29.1 Å². The maximum atomic E-state index is 12.0. The second-order valence-electron chi connectivity index (χ2n) is 4.28. The normalized spacial score (nSPS) is 10.2. The van der Waals surface area contributed by atoms with Gasteiger partial charge in [-0.3, -0.25) is 9.59 Å². The summed E-state index contributed by atoms with van der Waals surface area (Å²) in [5.74, 6) is 0.622. The number of rotatable bonds is 5. The van der Waals surface area contributed by atoms with Crippen molar-refractivity contribution in [3.63, 3.8) is 0 Å². The Bertz CT molecular complexity index is 697. The van der Waals surface area contributed by atoms with Crippen LogP contribution in [0.3, 0.4) is 0 Å². The molecule has 0 saturated carbocycles. The minimum Gasteiger partial charge on any atom is -0.494 e. The van der Waals surface area contributed by atoms with Gasteiger partial charge in [0.1, 0.15) is 5.75 Å². The standard InChI is InChI=1S/C15H15ClN2O3/c1-2-21-13-4-3-12(7-11(13)9-16)18-15(20)10-5-6-17-14(19)8-10/h3-8H,2,9H2,1H3,(H,17,19)(H,18,20). The number of amides is 1. The maximum Gasteiger partial charge on any atom is 0.255 e. The van der Waals surface area contributed by atoms with E-state index in [-0.39, 0.29) is 17.3 Å². The van der Waals surface area contributed by atoms with Gasteiger partial charge in [-0.15, -0.1) is 11.6 Å². The van der Waals surface area contributed by atoms with Crippen LogP contribution in [0.15, 0.2) is 41.3 Å². The van der Waals surface area contributed by atoms with E-state index in [4.69, 9.17) is 16.3 Å². The lowest BCUT2D eigenvalue weighted by Gasteiger charge is -2.11. The highest BCUT2D eigenvalue weighted by molar-refractivity contribution is 6.17. The van der Waals surface area contributed by atoms with Crippen molar-refractivity contribution < 1.29 is 9.53 Å². The molecule has 0 fully saturated rings. The molecule has 2 rings (SSSR count). The van der Waals surface area contributed by atoms with Gasteiger partial charge >= 0.3 is 0 Å². The van der Waals surface area contributed by atoms with Gasteiger partial charge in [0.15, 0.2) is 0 Å². The molecule has 1 aromatic carbocycles. The molecule has 110 valence electrons. The molecule has 0 radical (unpaired) electrons. The van der Waals surface area contributed by atoms with Crippen molar-refractivity contribution in [2.75, 3.05) is 11.9 Å². The van der Waals surface area contributed by atoms with E-state index in [1.807, 2.05) is 6.92 Å². The Balaban J connectivity index is 2.19. The molecular formula is C15H15ClN2O3. The predicted octanol–water partition coefficient (Wildman–Crippen LogP) is 2.76. The summed E-state index contributed by atoms with van der Waals surface area (Å²) in [6, 6.07) is 8.02. The molecule has 0 saturated heterocycles. The van der Waals surface area contributed by atoms with Gasteiger partial charge in [0.05, 0.1) is 12.5 Å². The summed E-state index contributed by atoms with van der Waals surface area (Å²) in [6.45, 7) is 2.43. The van der Waals surface area contributed by atoms with Gasteiger partial charge in [-0.1, -0.05) is 0 Å². The monoisotopic (exact) mass is 306 g/mol. The van der Waals surface area contributed by atoms with Crippen LogP contribution in [0.4, 0.5) is 5.69 Å². The van der Waals surface area contributed by atoms with Crippen LogP contribution >= 0.6 is 11.6 Å². The second-order valence-corrected chi connectivity index (χ2v) is 4.55. The average Bonchev–Trinajstić information content (AvgIpc) is 2.49. The zero-order chi connectivity index (χ0) is 15.2. The number of halogens is 1. The Morgan fingerprint density at radius 2 is 2.14 bits per heavy atom. The molecule has 0 bridgehead atoms. The third-order valence-electron chi connectivity index (χ3n) is 2.80. The molecule has 1 heterocycles. The average molecular weight is 307 g/mol. The van der Waals surface area contributed by atoms with Crippen molar-refractivity contribution in [2.24, 2.45) is 0 Å². The molecule has 0 unspecified atom stereocenters. The second kappa shape index (κ2) is 6.95. The fraction of sp³-hybridized carbons (Fsp3) is 0.200. The fourth-order valence-electron chi connectivity index (χ4n) is 1.85. The van der Waals surface area contributed by atoms with Crippen LogP contribution in [0.25, 0.3) is 0 Å². The van der Waals surface area contributed by atoms with Crippen LogP contribution in [0.5, 0.6) is 5.75 Å². The van der Waals surface area contributed by atoms with E-state index in [1.54, 1.807) is 18.2 Å². The van der Waals surface area contributed by atoms with E-state index >= 15 is 0 Å². The number of hydrogen-bond donors (Lipinski definition) is 2. The summed E-state index contributed by atoms with van der Waals surface area (Å²) < 4.78 is 5.45. The first-order chi connectivity index (χ1) is 10.1. The first-order valence-electron chi connectivity index (χ1n) is 6.46. The van der Waals surface area contributed by atoms with Crippen LogP contribution < -0.4 is 15.6 Å². The molecule has 6 heteroatoms. The number of carbonyl (C=O) groups is 1. The molecule has 0 aliphatic heterocycles. The zero-order valence-electron chi connectivity index (χ0n) is 11.5. The molecule has 2 N–H and O–H groups in total. The minimum absolute atomic E-state index is 0.282. The van der Waals surface area contributed by atoms with Crippen molar-refractivity contribution >= 4 is 23.2 Å². The van der Waals surface area contributed by atoms with E-state index < -0.39 is 0 Å². The molecule has 0 aliphatic rings. The number of aromatic amines is 1. The Morgan fingerprint density at radius 3 is 2.81 bits per heavy atom. The molecule has 1 aromatic heterocycles. The third-order valence-corrected chi connectivity index (χ3v) is 3.09. The molecule has 21 heavy (non-hydrogen) atoms. The van der Waals surface area contributed by atoms with E-state index in [0.29, 0.717) is 23.6 Å². The number of alkyl halides is 1. The number of nitrogens with one attached hydrogen (secondary N) is 2. The Kier molecular flexibility index (Phi) is 5.00. The predicted molar refractivity (Wildman–Crippen MR) is 82.2 cm³/mol. The van der Waals surface area contributed by atoms with Crippen molar-refractivity contribution in [3.05, 3.63) is 58.0 Å². The van der Waals surface area contributed by atoms with Gasteiger partial charge in [-0.05, 0) is 31.2 Å². The summed E-state index contributed by atoms with van der Waals surface area (Å²) in [5.41, 5.74) is 1.36. The van der Waals surface area contributed by atoms with Crippen LogP contribution in [-0.2, 0) is 5.88 Å². The largest absolute Gasteiger partial charge is 0.494 e. The van der Waals surface area contributed by atoms with Crippen molar-refractivity contribution in [1.29, 1.82) is 0 Å². The summed E-state index contributed by atoms with van der Waals surface area (Å²) in [5, 5.41) is 2.72. The Hall–Kier alpha value is -2.27. The van der Waals surface area contributed by atoms with E-state index in [0.717, 1.165) is 5.56 Å². The van der Waals surface area contributed by atoms with Gasteiger partial charge in [-0.25, -0.2) is 0 Å². The topological polar surface area (TPSA) is 71.2 Å². The first kappa shape index (κ1) is 15.1. The molecular weight excluding hydrogens is 292 g/mol. The molecule has 1 amide bonds. The van der Waals surface area contributed by atoms with Gasteiger partial charge in [0.25, 0.3) is 5.91 Å². The Morgan fingerprint density at radius 1 is 1.33 bits per heavy atom. The van der Waals surface area contributed by atoms with E-state index in [9.17, 15) is 9.59 Å². The Labute approximate surface area is 126 Å². The van der Waals surface area contributed by atoms with Crippen molar-refractivity contribution in [3.8, 4) is 5.75 Å². The van der Waals surface area contributed by atoms with Crippen LogP contribution in [0, 0.1) is 0 Å². The number of H-pyrrole nitrogens is 1. The first-order valence-corrected chi connectivity index (χ1v) is 6.99. The number of hydrogen-bond acceptors (Lipinski definition) is 3. The lowest BCUT2D eigenvalue weighted by atomic mass is 10.2. The number of pyridine rings is 1. The lowest BCUT2D eigenvalue weighted by Crippen LogP contribution is -2.15. The summed E-state index contributed by atoms with van der Waals surface area (Å²) in [6.07, 6.45) is 1.43. The van der Waals surface area contributed by atoms with E-state index in [2.05, 4.69) is 10.3 Å². The minimum atomic E-state index is -0.356. The number of ether oxygens (including phenoxy) is 1. The van der Waals surface area contributed by atoms with Crippen molar-refractivity contribution in [2.45, 2.75) is 12.8 Å². The highest BCUT2D eigenvalue weighted by Gasteiger charge is 2.09. The fourth-order valence-corrected chi connectivity index (χ4v) is 2.06. The molecule has 5 nitrogen and oxygen atoms in total. The molecule has 2 aromatic rings. The van der Waals surface area contributed by atoms with Crippen LogP contribution in [0.2, 0.25) is 0 Å². The SMILES string of the molecule is CCOc1ccc(NC(=O)c2cc[nH]c(=O)c2)cc1CCl. The number of benzene rings is 1. The number of aromatic nitrogens is 1. The quantitative estimate of drug-likeness (QED) is 0.834. The maximum absolute atomic E-state index is 12.0. The summed E-state index contributed by atoms with van der Waals surface area (Å²) in [7, 11) is 0. The van der Waals surface area contributed by atoms with Gasteiger partial charge < -0.3 is 15.0 Å². The van der Waals surface area contributed by atoms with Gasteiger partial charge in [-0.2, -0.15) is 0 Å². The molecule has 0 spiro atoms. The molecule has 0 aliphatic carbocycles. The molecule has 0 atom stereocenters. The number of anilines is 1. The van der Waals surface area contributed by atoms with Crippen LogP contribution in [-0.4, -0.2) is 17.5 Å². The highest BCUT2D eigenvalue weighted by Crippen LogP contribution is 2.24. The van der Waals surface area contributed by atoms with E-state index in [1.165, 1.54) is 18.3 Å².